The molecule has 0 radical (unpaired) electrons. The second-order valence-electron chi connectivity index (χ2n) is 6.37. The highest BCUT2D eigenvalue weighted by Crippen LogP contribution is 2.34. The van der Waals surface area contributed by atoms with Crippen molar-refractivity contribution >= 4 is 22.9 Å². The lowest BCUT2D eigenvalue weighted by Crippen LogP contribution is -2.43. The second kappa shape index (κ2) is 6.10. The summed E-state index contributed by atoms with van der Waals surface area (Å²) in [4.78, 5) is 17.3. The van der Waals surface area contributed by atoms with Gasteiger partial charge in [-0.15, -0.1) is 11.3 Å². The number of hydrogen-bond acceptors (Lipinski definition) is 3. The van der Waals surface area contributed by atoms with Crippen LogP contribution in [0, 0.1) is 0 Å². The van der Waals surface area contributed by atoms with Crippen molar-refractivity contribution in [2.45, 2.75) is 38.2 Å². The van der Waals surface area contributed by atoms with E-state index in [9.17, 15) is 4.79 Å². The lowest BCUT2D eigenvalue weighted by Gasteiger charge is -2.33. The van der Waals surface area contributed by atoms with Gasteiger partial charge in [-0.1, -0.05) is 18.2 Å². The summed E-state index contributed by atoms with van der Waals surface area (Å²) in [5.74, 6) is 0.124. The molecule has 0 fully saturated rings. The molecule has 0 spiro atoms. The minimum Gasteiger partial charge on any atom is -0.379 e. The molecule has 1 amide bonds. The number of thiophene rings is 1. The van der Waals surface area contributed by atoms with Gasteiger partial charge in [-0.3, -0.25) is 4.79 Å². The fraction of sp³-hybridized carbons (Fsp3) is 0.421. The number of benzene rings is 1. The molecule has 0 saturated carbocycles. The van der Waals surface area contributed by atoms with Crippen LogP contribution in [0.4, 0.5) is 5.69 Å². The van der Waals surface area contributed by atoms with Crippen LogP contribution in [0.5, 0.6) is 0 Å². The van der Waals surface area contributed by atoms with E-state index in [0.717, 1.165) is 29.8 Å². The molecule has 23 heavy (non-hydrogen) atoms. The Kier molecular flexibility index (Phi) is 3.95. The average Bonchev–Trinajstić information content (AvgIpc) is 3.04. The van der Waals surface area contributed by atoms with Gasteiger partial charge in [0.25, 0.3) is 5.91 Å². The molecule has 120 valence electrons. The lowest BCUT2D eigenvalue weighted by atomic mass is 9.98. The van der Waals surface area contributed by atoms with E-state index in [1.54, 1.807) is 18.4 Å². The molecule has 4 heteroatoms. The van der Waals surface area contributed by atoms with Gasteiger partial charge in [-0.25, -0.2) is 0 Å². The van der Waals surface area contributed by atoms with Gasteiger partial charge in [-0.05, 0) is 48.9 Å². The summed E-state index contributed by atoms with van der Waals surface area (Å²) in [5.41, 5.74) is 3.62. The molecule has 0 N–H and O–H groups in total. The normalized spacial score (nSPS) is 20.0. The summed E-state index contributed by atoms with van der Waals surface area (Å²) in [6, 6.07) is 10.3. The first kappa shape index (κ1) is 14.9. The van der Waals surface area contributed by atoms with Crippen LogP contribution in [0.15, 0.2) is 30.3 Å². The predicted octanol–water partition coefficient (Wildman–Crippen LogP) is 3.84. The van der Waals surface area contributed by atoms with Crippen molar-refractivity contribution < 1.29 is 9.53 Å². The van der Waals surface area contributed by atoms with Crippen molar-refractivity contribution in [3.63, 3.8) is 0 Å². The molecule has 2 aliphatic rings. The van der Waals surface area contributed by atoms with Gasteiger partial charge < -0.3 is 9.64 Å². The van der Waals surface area contributed by atoms with Crippen LogP contribution in [-0.2, 0) is 24.0 Å². The fourth-order valence-corrected chi connectivity index (χ4v) is 4.84. The second-order valence-corrected chi connectivity index (χ2v) is 7.51. The quantitative estimate of drug-likeness (QED) is 0.838. The number of anilines is 1. The molecule has 1 aromatic heterocycles. The molecule has 1 aromatic carbocycles. The number of fused-ring (bicyclic) bond motifs is 2. The number of carbonyl (C=O) groups is 1. The number of carbonyl (C=O) groups excluding carboxylic acids is 1. The zero-order chi connectivity index (χ0) is 15.8. The number of ether oxygens (including phenoxy) is 1. The minimum atomic E-state index is 0.0726. The smallest absolute Gasteiger partial charge is 0.268 e. The van der Waals surface area contributed by atoms with Crippen molar-refractivity contribution in [3.05, 3.63) is 51.2 Å². The monoisotopic (exact) mass is 327 g/mol. The molecule has 0 saturated heterocycles. The summed E-state index contributed by atoms with van der Waals surface area (Å²) in [6.45, 7) is 0.634. The maximum Gasteiger partial charge on any atom is 0.268 e. The zero-order valence-electron chi connectivity index (χ0n) is 13.4. The van der Waals surface area contributed by atoms with Crippen molar-refractivity contribution in [1.29, 1.82) is 0 Å². The third-order valence-electron chi connectivity index (χ3n) is 4.90. The first-order chi connectivity index (χ1) is 11.3. The Morgan fingerprint density at radius 3 is 2.87 bits per heavy atom. The van der Waals surface area contributed by atoms with E-state index in [4.69, 9.17) is 4.74 Å². The number of para-hydroxylation sites is 1. The minimum absolute atomic E-state index is 0.0726. The summed E-state index contributed by atoms with van der Waals surface area (Å²) >= 11 is 1.69. The van der Waals surface area contributed by atoms with E-state index >= 15 is 0 Å². The van der Waals surface area contributed by atoms with Crippen LogP contribution in [0.3, 0.4) is 0 Å². The van der Waals surface area contributed by atoms with Crippen LogP contribution in [0.1, 0.15) is 38.5 Å². The van der Waals surface area contributed by atoms with E-state index < -0.39 is 0 Å². The molecule has 0 bridgehead atoms. The van der Waals surface area contributed by atoms with Crippen LogP contribution < -0.4 is 4.90 Å². The highest BCUT2D eigenvalue weighted by molar-refractivity contribution is 7.14. The number of hydrogen-bond donors (Lipinski definition) is 0. The van der Waals surface area contributed by atoms with E-state index in [-0.39, 0.29) is 12.0 Å². The van der Waals surface area contributed by atoms with Crippen LogP contribution in [0.25, 0.3) is 0 Å². The Hall–Kier alpha value is -1.65. The molecule has 1 unspecified atom stereocenters. The fourth-order valence-electron chi connectivity index (χ4n) is 3.64. The lowest BCUT2D eigenvalue weighted by molar-refractivity contribution is 0.0873. The summed E-state index contributed by atoms with van der Waals surface area (Å²) in [7, 11) is 1.73. The maximum absolute atomic E-state index is 13.1. The maximum atomic E-state index is 13.1. The van der Waals surface area contributed by atoms with Gasteiger partial charge in [0.2, 0.25) is 0 Å². The van der Waals surface area contributed by atoms with Gasteiger partial charge in [0.05, 0.1) is 17.5 Å². The topological polar surface area (TPSA) is 29.5 Å². The van der Waals surface area contributed by atoms with Crippen LogP contribution in [0.2, 0.25) is 0 Å². The van der Waals surface area contributed by atoms with Crippen molar-refractivity contribution in [2.24, 2.45) is 0 Å². The number of methoxy groups -OCH3 is 1. The zero-order valence-corrected chi connectivity index (χ0v) is 14.2. The molecule has 1 aliphatic carbocycles. The number of nitrogens with zero attached hydrogens (tertiary/aromatic N) is 1. The standard InChI is InChI=1S/C19H21NO2S/c1-22-15-10-13-6-2-4-8-16(13)20(12-15)19(21)18-11-14-7-3-5-9-17(14)23-18/h2,4,6,8,11,15H,3,5,7,9-10,12H2,1H3. The SMILES string of the molecule is COC1Cc2ccccc2N(C(=O)c2cc3c(s2)CCCC3)C1. The molecule has 1 aliphatic heterocycles. The van der Waals surface area contributed by atoms with Gasteiger partial charge in [0.1, 0.15) is 0 Å². The van der Waals surface area contributed by atoms with E-state index in [1.165, 1.54) is 28.8 Å². The predicted molar refractivity (Wildman–Crippen MR) is 93.6 cm³/mol. The summed E-state index contributed by atoms with van der Waals surface area (Å²) in [6.07, 6.45) is 5.69. The van der Waals surface area contributed by atoms with Crippen molar-refractivity contribution in [3.8, 4) is 0 Å². The molecular weight excluding hydrogens is 306 g/mol. The van der Waals surface area contributed by atoms with Gasteiger partial charge >= 0.3 is 0 Å². The van der Waals surface area contributed by atoms with Gasteiger partial charge in [0.15, 0.2) is 0 Å². The van der Waals surface area contributed by atoms with Crippen LogP contribution in [-0.4, -0.2) is 25.7 Å². The first-order valence-electron chi connectivity index (χ1n) is 8.30. The van der Waals surface area contributed by atoms with Crippen LogP contribution >= 0.6 is 11.3 Å². The Labute approximate surface area is 140 Å². The van der Waals surface area contributed by atoms with Gasteiger partial charge in [0, 0.05) is 24.1 Å². The Bertz CT molecular complexity index is 713. The third-order valence-corrected chi connectivity index (χ3v) is 6.13. The molecule has 1 atom stereocenters. The molecule has 3 nitrogen and oxygen atoms in total. The summed E-state index contributed by atoms with van der Waals surface area (Å²) in [5, 5.41) is 0. The molecule has 2 heterocycles. The first-order valence-corrected chi connectivity index (χ1v) is 9.12. The molecule has 2 aromatic rings. The molecule has 4 rings (SSSR count). The Balaban J connectivity index is 1.68. The molecular formula is C19H21NO2S. The largest absolute Gasteiger partial charge is 0.379 e. The Morgan fingerprint density at radius 1 is 1.22 bits per heavy atom. The van der Waals surface area contributed by atoms with E-state index in [1.807, 2.05) is 23.1 Å². The summed E-state index contributed by atoms with van der Waals surface area (Å²) < 4.78 is 5.56. The highest BCUT2D eigenvalue weighted by atomic mass is 32.1. The highest BCUT2D eigenvalue weighted by Gasteiger charge is 2.30. The van der Waals surface area contributed by atoms with Crippen molar-refractivity contribution in [2.75, 3.05) is 18.6 Å². The average molecular weight is 327 g/mol. The van der Waals surface area contributed by atoms with E-state index in [2.05, 4.69) is 12.1 Å². The van der Waals surface area contributed by atoms with Crippen molar-refractivity contribution in [1.82, 2.24) is 0 Å². The number of rotatable bonds is 2. The number of aryl methyl sites for hydroxylation is 2. The third kappa shape index (κ3) is 2.70. The Morgan fingerprint density at radius 2 is 2.04 bits per heavy atom. The van der Waals surface area contributed by atoms with E-state index in [0.29, 0.717) is 6.54 Å². The number of amides is 1. The van der Waals surface area contributed by atoms with Gasteiger partial charge in [-0.2, -0.15) is 0 Å².